The van der Waals surface area contributed by atoms with Crippen molar-refractivity contribution in [3.8, 4) is 0 Å². The van der Waals surface area contributed by atoms with Gasteiger partial charge in [-0.1, -0.05) is 13.3 Å². The van der Waals surface area contributed by atoms with Crippen LogP contribution in [0.15, 0.2) is 4.79 Å². The second-order valence-corrected chi connectivity index (χ2v) is 3.88. The van der Waals surface area contributed by atoms with Crippen molar-refractivity contribution in [2.75, 3.05) is 6.61 Å². The zero-order valence-corrected chi connectivity index (χ0v) is 9.79. The Labute approximate surface area is 94.7 Å². The zero-order chi connectivity index (χ0) is 12.1. The third-order valence-corrected chi connectivity index (χ3v) is 2.55. The number of nitrogens with two attached hydrogens (primary N) is 1. The molecule has 1 rings (SSSR count). The van der Waals surface area contributed by atoms with Crippen molar-refractivity contribution in [3.63, 3.8) is 0 Å². The Bertz CT molecular complexity index is 401. The van der Waals surface area contributed by atoms with Gasteiger partial charge < -0.3 is 15.8 Å². The van der Waals surface area contributed by atoms with Crippen LogP contribution in [0.5, 0.6) is 0 Å². The molecule has 0 saturated carbocycles. The van der Waals surface area contributed by atoms with Crippen LogP contribution in [0.3, 0.4) is 0 Å². The van der Waals surface area contributed by atoms with Crippen molar-refractivity contribution in [3.05, 3.63) is 27.4 Å². The molecular formula is C11H19N3O2. The standard InChI is InChI=1S/C11H19N3O2/c1-3-4-9(12)10-13-7(2)8(5-6-15)11(16)14-10/h9,15H,3-6,12H2,1-2H3,(H,13,14,16). The van der Waals surface area contributed by atoms with Gasteiger partial charge in [-0.05, 0) is 13.3 Å². The number of rotatable bonds is 5. The third-order valence-electron chi connectivity index (χ3n) is 2.55. The summed E-state index contributed by atoms with van der Waals surface area (Å²) in [4.78, 5) is 18.7. The van der Waals surface area contributed by atoms with Crippen LogP contribution in [0.2, 0.25) is 0 Å². The zero-order valence-electron chi connectivity index (χ0n) is 9.79. The van der Waals surface area contributed by atoms with E-state index in [1.807, 2.05) is 6.92 Å². The number of H-pyrrole nitrogens is 1. The fourth-order valence-electron chi connectivity index (χ4n) is 1.66. The van der Waals surface area contributed by atoms with Crippen molar-refractivity contribution >= 4 is 0 Å². The summed E-state index contributed by atoms with van der Waals surface area (Å²) in [6, 6.07) is -0.223. The first-order chi connectivity index (χ1) is 7.60. The molecule has 4 N–H and O–H groups in total. The fraction of sp³-hybridized carbons (Fsp3) is 0.636. The second-order valence-electron chi connectivity index (χ2n) is 3.88. The Morgan fingerprint density at radius 3 is 2.75 bits per heavy atom. The maximum atomic E-state index is 11.7. The van der Waals surface area contributed by atoms with Gasteiger partial charge >= 0.3 is 0 Å². The topological polar surface area (TPSA) is 92.0 Å². The molecule has 0 aliphatic rings. The SMILES string of the molecule is CCCC(N)c1nc(C)c(CCO)c(=O)[nH]1. The summed E-state index contributed by atoms with van der Waals surface area (Å²) in [5, 5.41) is 8.83. The van der Waals surface area contributed by atoms with Crippen LogP contribution in [-0.2, 0) is 6.42 Å². The molecule has 90 valence electrons. The number of hydrogen-bond acceptors (Lipinski definition) is 4. The maximum Gasteiger partial charge on any atom is 0.254 e. The van der Waals surface area contributed by atoms with Crippen molar-refractivity contribution in [1.29, 1.82) is 0 Å². The first kappa shape index (κ1) is 12.9. The lowest BCUT2D eigenvalue weighted by molar-refractivity contribution is 0.298. The summed E-state index contributed by atoms with van der Waals surface area (Å²) in [6.45, 7) is 3.75. The molecule has 5 nitrogen and oxygen atoms in total. The van der Waals surface area contributed by atoms with Gasteiger partial charge in [0, 0.05) is 24.3 Å². The Balaban J connectivity index is 3.04. The highest BCUT2D eigenvalue weighted by Crippen LogP contribution is 2.11. The summed E-state index contributed by atoms with van der Waals surface area (Å²) < 4.78 is 0. The summed E-state index contributed by atoms with van der Waals surface area (Å²) in [7, 11) is 0. The molecule has 1 atom stereocenters. The highest BCUT2D eigenvalue weighted by Gasteiger charge is 2.12. The lowest BCUT2D eigenvalue weighted by atomic mass is 10.1. The molecule has 1 aromatic heterocycles. The summed E-state index contributed by atoms with van der Waals surface area (Å²) in [5.74, 6) is 0.533. The van der Waals surface area contributed by atoms with E-state index in [0.717, 1.165) is 12.8 Å². The average molecular weight is 225 g/mol. The van der Waals surface area contributed by atoms with Crippen molar-refractivity contribution < 1.29 is 5.11 Å². The minimum atomic E-state index is -0.223. The molecule has 0 aliphatic carbocycles. The van der Waals surface area contributed by atoms with Gasteiger partial charge in [-0.25, -0.2) is 4.98 Å². The highest BCUT2D eigenvalue weighted by molar-refractivity contribution is 5.17. The van der Waals surface area contributed by atoms with E-state index in [-0.39, 0.29) is 18.2 Å². The van der Waals surface area contributed by atoms with Crippen LogP contribution in [0.25, 0.3) is 0 Å². The van der Waals surface area contributed by atoms with Crippen LogP contribution in [0.1, 0.15) is 42.9 Å². The molecular weight excluding hydrogens is 206 g/mol. The van der Waals surface area contributed by atoms with Crippen molar-refractivity contribution in [2.24, 2.45) is 5.73 Å². The number of aryl methyl sites for hydroxylation is 1. The Morgan fingerprint density at radius 1 is 1.56 bits per heavy atom. The molecule has 5 heteroatoms. The first-order valence-corrected chi connectivity index (χ1v) is 5.56. The van der Waals surface area contributed by atoms with Gasteiger partial charge in [0.25, 0.3) is 5.56 Å². The van der Waals surface area contributed by atoms with Gasteiger partial charge in [-0.3, -0.25) is 4.79 Å². The predicted octanol–water partition coefficient (Wildman–Crippen LogP) is 0.413. The number of aliphatic hydroxyl groups is 1. The number of aromatic nitrogens is 2. The number of nitrogens with one attached hydrogen (secondary N) is 1. The maximum absolute atomic E-state index is 11.7. The Morgan fingerprint density at radius 2 is 2.25 bits per heavy atom. The van der Waals surface area contributed by atoms with Crippen LogP contribution >= 0.6 is 0 Å². The molecule has 0 fully saturated rings. The van der Waals surface area contributed by atoms with E-state index < -0.39 is 0 Å². The van der Waals surface area contributed by atoms with Crippen LogP contribution in [0, 0.1) is 6.92 Å². The second kappa shape index (κ2) is 5.77. The quantitative estimate of drug-likeness (QED) is 0.677. The van der Waals surface area contributed by atoms with Crippen LogP contribution < -0.4 is 11.3 Å². The molecule has 0 amide bonds. The lowest BCUT2D eigenvalue weighted by Crippen LogP contribution is -2.24. The molecule has 1 heterocycles. The van der Waals surface area contributed by atoms with E-state index >= 15 is 0 Å². The Hall–Kier alpha value is -1.20. The minimum Gasteiger partial charge on any atom is -0.396 e. The monoisotopic (exact) mass is 225 g/mol. The van der Waals surface area contributed by atoms with Gasteiger partial charge in [-0.15, -0.1) is 0 Å². The molecule has 0 aromatic carbocycles. The number of aliphatic hydroxyl groups excluding tert-OH is 1. The van der Waals surface area contributed by atoms with Gasteiger partial charge in [0.05, 0.1) is 6.04 Å². The number of hydrogen-bond donors (Lipinski definition) is 3. The molecule has 0 radical (unpaired) electrons. The van der Waals surface area contributed by atoms with E-state index in [2.05, 4.69) is 9.97 Å². The molecule has 0 saturated heterocycles. The van der Waals surface area contributed by atoms with E-state index in [1.54, 1.807) is 6.92 Å². The van der Waals surface area contributed by atoms with Gasteiger partial charge in [0.2, 0.25) is 0 Å². The normalized spacial score (nSPS) is 12.8. The molecule has 0 aliphatic heterocycles. The van der Waals surface area contributed by atoms with Crippen molar-refractivity contribution in [2.45, 2.75) is 39.2 Å². The highest BCUT2D eigenvalue weighted by atomic mass is 16.3. The minimum absolute atomic E-state index is 0.0496. The predicted molar refractivity (Wildman–Crippen MR) is 62.2 cm³/mol. The van der Waals surface area contributed by atoms with Crippen LogP contribution in [-0.4, -0.2) is 21.7 Å². The summed E-state index contributed by atoms with van der Waals surface area (Å²) >= 11 is 0. The van der Waals surface area contributed by atoms with E-state index in [0.29, 0.717) is 23.5 Å². The largest absolute Gasteiger partial charge is 0.396 e. The smallest absolute Gasteiger partial charge is 0.254 e. The molecule has 1 aromatic rings. The molecule has 0 bridgehead atoms. The molecule has 1 unspecified atom stereocenters. The lowest BCUT2D eigenvalue weighted by Gasteiger charge is -2.11. The van der Waals surface area contributed by atoms with Crippen molar-refractivity contribution in [1.82, 2.24) is 9.97 Å². The molecule has 16 heavy (non-hydrogen) atoms. The molecule has 0 spiro atoms. The first-order valence-electron chi connectivity index (χ1n) is 5.56. The fourth-order valence-corrected chi connectivity index (χ4v) is 1.66. The van der Waals surface area contributed by atoms with Gasteiger partial charge in [0.1, 0.15) is 5.82 Å². The average Bonchev–Trinajstić information content (AvgIpc) is 2.23. The third kappa shape index (κ3) is 2.90. The van der Waals surface area contributed by atoms with E-state index in [1.165, 1.54) is 0 Å². The summed E-state index contributed by atoms with van der Waals surface area (Å²) in [5.41, 5.74) is 6.88. The van der Waals surface area contributed by atoms with Gasteiger partial charge in [-0.2, -0.15) is 0 Å². The number of aromatic amines is 1. The Kier molecular flexibility index (Phi) is 4.64. The van der Waals surface area contributed by atoms with Gasteiger partial charge in [0.15, 0.2) is 0 Å². The van der Waals surface area contributed by atoms with E-state index in [9.17, 15) is 4.79 Å². The van der Waals surface area contributed by atoms with E-state index in [4.69, 9.17) is 10.8 Å². The summed E-state index contributed by atoms with van der Waals surface area (Å²) in [6.07, 6.45) is 2.07. The van der Waals surface area contributed by atoms with Crippen LogP contribution in [0.4, 0.5) is 0 Å². The number of nitrogens with zero attached hydrogens (tertiary/aromatic N) is 1.